The van der Waals surface area contributed by atoms with Gasteiger partial charge in [0.15, 0.2) is 0 Å². The molecule has 0 unspecified atom stereocenters. The van der Waals surface area contributed by atoms with Crippen molar-refractivity contribution in [1.82, 2.24) is 0 Å². The minimum Gasteiger partial charge on any atom is -0.387 e. The molecular weight excluding hydrogens is 214 g/mol. The predicted molar refractivity (Wildman–Crippen MR) is 41.6 cm³/mol. The largest absolute Gasteiger partial charge is 0.387 e. The van der Waals surface area contributed by atoms with E-state index in [1.807, 2.05) is 0 Å². The third-order valence-electron chi connectivity index (χ3n) is 0.591. The van der Waals surface area contributed by atoms with Gasteiger partial charge in [-0.2, -0.15) is 0 Å². The fourth-order valence-corrected chi connectivity index (χ4v) is 0.307. The second kappa shape index (κ2) is 3.95. The van der Waals surface area contributed by atoms with Crippen molar-refractivity contribution in [2.75, 3.05) is 0 Å². The zero-order valence-electron chi connectivity index (χ0n) is 5.14. The summed E-state index contributed by atoms with van der Waals surface area (Å²) in [6, 6.07) is 0. The van der Waals surface area contributed by atoms with E-state index in [-0.39, 0.29) is 0 Å². The summed E-state index contributed by atoms with van der Waals surface area (Å²) in [5.74, 6) is -2.20. The van der Waals surface area contributed by atoms with Crippen molar-refractivity contribution in [3.05, 3.63) is 12.7 Å². The maximum Gasteiger partial charge on any atom is 0.366 e. The van der Waals surface area contributed by atoms with Crippen LogP contribution in [0.2, 0.25) is 0 Å². The average Bonchev–Trinajstić information content (AvgIpc) is 1.85. The van der Waals surface area contributed by atoms with E-state index in [4.69, 9.17) is 34.8 Å². The Morgan fingerprint density at radius 2 is 1.82 bits per heavy atom. The zero-order chi connectivity index (χ0) is 9.07. The van der Waals surface area contributed by atoms with E-state index in [2.05, 4.69) is 11.3 Å². The molecule has 0 aliphatic rings. The first kappa shape index (κ1) is 10.8. The standard InChI is InChI=1S/C5H3Cl3O3/c1-2-3(9)11-4(10)5(6,7)8/h2H,1H2. The summed E-state index contributed by atoms with van der Waals surface area (Å²) in [5.41, 5.74) is 0. The Kier molecular flexibility index (Phi) is 3.86. The molecule has 0 atom stereocenters. The third-order valence-corrected chi connectivity index (χ3v) is 1.05. The molecule has 11 heavy (non-hydrogen) atoms. The Morgan fingerprint density at radius 3 is 2.09 bits per heavy atom. The number of carbonyl (C=O) groups excluding carboxylic acids is 2. The Hall–Kier alpha value is -0.250. The van der Waals surface area contributed by atoms with Crippen LogP contribution in [0.25, 0.3) is 0 Å². The lowest BCUT2D eigenvalue weighted by Crippen LogP contribution is -2.24. The van der Waals surface area contributed by atoms with Crippen LogP contribution >= 0.6 is 34.8 Å². The summed E-state index contributed by atoms with van der Waals surface area (Å²) >= 11 is 15.2. The molecule has 0 radical (unpaired) electrons. The third kappa shape index (κ3) is 4.24. The van der Waals surface area contributed by atoms with Gasteiger partial charge in [0.2, 0.25) is 0 Å². The molecule has 0 aliphatic heterocycles. The lowest BCUT2D eigenvalue weighted by atomic mass is 10.6. The van der Waals surface area contributed by atoms with Gasteiger partial charge in [-0.25, -0.2) is 9.59 Å². The van der Waals surface area contributed by atoms with Crippen molar-refractivity contribution < 1.29 is 14.3 Å². The van der Waals surface area contributed by atoms with E-state index in [0.717, 1.165) is 6.08 Å². The van der Waals surface area contributed by atoms with E-state index < -0.39 is 15.7 Å². The molecule has 0 aromatic heterocycles. The van der Waals surface area contributed by atoms with E-state index in [0.29, 0.717) is 0 Å². The van der Waals surface area contributed by atoms with E-state index in [9.17, 15) is 9.59 Å². The number of esters is 2. The number of ether oxygens (including phenoxy) is 1. The molecule has 0 heterocycles. The van der Waals surface area contributed by atoms with E-state index in [1.54, 1.807) is 0 Å². The van der Waals surface area contributed by atoms with Gasteiger partial charge in [-0.05, 0) is 0 Å². The summed E-state index contributed by atoms with van der Waals surface area (Å²) in [6.07, 6.45) is 0.786. The van der Waals surface area contributed by atoms with Crippen LogP contribution in [-0.4, -0.2) is 15.7 Å². The Morgan fingerprint density at radius 1 is 1.36 bits per heavy atom. The summed E-state index contributed by atoms with van der Waals surface area (Å²) in [6.45, 7) is 3.04. The van der Waals surface area contributed by atoms with Gasteiger partial charge in [0.05, 0.1) is 0 Å². The molecule has 0 aromatic carbocycles. The first-order valence-corrected chi connectivity index (χ1v) is 3.46. The highest BCUT2D eigenvalue weighted by atomic mass is 35.6. The molecule has 0 aromatic rings. The summed E-state index contributed by atoms with van der Waals surface area (Å²) in [5, 5.41) is 0. The van der Waals surface area contributed by atoms with E-state index >= 15 is 0 Å². The molecule has 0 spiro atoms. The van der Waals surface area contributed by atoms with Crippen LogP contribution in [0.4, 0.5) is 0 Å². The first-order chi connectivity index (χ1) is 4.88. The van der Waals surface area contributed by atoms with Gasteiger partial charge in [-0.15, -0.1) is 0 Å². The Bertz CT molecular complexity index is 194. The molecule has 3 nitrogen and oxygen atoms in total. The zero-order valence-corrected chi connectivity index (χ0v) is 7.41. The SMILES string of the molecule is C=CC(=O)OC(=O)C(Cl)(Cl)Cl. The molecule has 0 aliphatic carbocycles. The second-order valence-electron chi connectivity index (χ2n) is 1.41. The number of alkyl halides is 3. The van der Waals surface area contributed by atoms with Crippen LogP contribution in [0, 0.1) is 0 Å². The van der Waals surface area contributed by atoms with Crippen LogP contribution in [-0.2, 0) is 14.3 Å². The minimum atomic E-state index is -2.22. The molecule has 62 valence electrons. The van der Waals surface area contributed by atoms with Gasteiger partial charge in [0.25, 0.3) is 3.79 Å². The minimum absolute atomic E-state index is 0.786. The fraction of sp³-hybridized carbons (Fsp3) is 0.200. The Balaban J connectivity index is 4.09. The van der Waals surface area contributed by atoms with Crippen LogP contribution in [0.1, 0.15) is 0 Å². The van der Waals surface area contributed by atoms with Crippen molar-refractivity contribution in [2.24, 2.45) is 0 Å². The summed E-state index contributed by atoms with van der Waals surface area (Å²) in [7, 11) is 0. The van der Waals surface area contributed by atoms with Gasteiger partial charge < -0.3 is 4.74 Å². The number of carbonyl (C=O) groups is 2. The van der Waals surface area contributed by atoms with Crippen LogP contribution < -0.4 is 0 Å². The molecule has 0 bridgehead atoms. The van der Waals surface area contributed by atoms with Gasteiger partial charge in [0.1, 0.15) is 0 Å². The molecule has 0 N–H and O–H groups in total. The van der Waals surface area contributed by atoms with Crippen molar-refractivity contribution in [3.63, 3.8) is 0 Å². The van der Waals surface area contributed by atoms with Crippen LogP contribution in [0.15, 0.2) is 12.7 Å². The smallest absolute Gasteiger partial charge is 0.366 e. The van der Waals surface area contributed by atoms with Crippen LogP contribution in [0.3, 0.4) is 0 Å². The van der Waals surface area contributed by atoms with Gasteiger partial charge in [-0.3, -0.25) is 0 Å². The topological polar surface area (TPSA) is 43.4 Å². The van der Waals surface area contributed by atoms with Gasteiger partial charge in [-0.1, -0.05) is 41.4 Å². The lowest BCUT2D eigenvalue weighted by molar-refractivity contribution is -0.155. The molecule has 0 saturated carbocycles. The maximum absolute atomic E-state index is 10.5. The summed E-state index contributed by atoms with van der Waals surface area (Å²) in [4.78, 5) is 20.9. The van der Waals surface area contributed by atoms with Crippen molar-refractivity contribution in [3.8, 4) is 0 Å². The molecular formula is C5H3Cl3O3. The maximum atomic E-state index is 10.5. The first-order valence-electron chi connectivity index (χ1n) is 2.33. The highest BCUT2D eigenvalue weighted by molar-refractivity contribution is 6.75. The lowest BCUT2D eigenvalue weighted by Gasteiger charge is -2.06. The van der Waals surface area contributed by atoms with Crippen molar-refractivity contribution >= 4 is 46.7 Å². The highest BCUT2D eigenvalue weighted by Crippen LogP contribution is 2.27. The number of halogens is 3. The summed E-state index contributed by atoms with van der Waals surface area (Å²) < 4.78 is 1.75. The monoisotopic (exact) mass is 216 g/mol. The van der Waals surface area contributed by atoms with Crippen molar-refractivity contribution in [2.45, 2.75) is 3.79 Å². The average molecular weight is 217 g/mol. The predicted octanol–water partition coefficient (Wildman–Crippen LogP) is 1.61. The Labute approximate surface area is 77.9 Å². The second-order valence-corrected chi connectivity index (χ2v) is 3.69. The van der Waals surface area contributed by atoms with Crippen LogP contribution in [0.5, 0.6) is 0 Å². The fourth-order valence-electron chi connectivity index (χ4n) is 0.191. The van der Waals surface area contributed by atoms with Gasteiger partial charge in [0, 0.05) is 6.08 Å². The molecule has 0 fully saturated rings. The molecule has 0 saturated heterocycles. The number of hydrogen-bond donors (Lipinski definition) is 0. The quantitative estimate of drug-likeness (QED) is 0.290. The molecule has 0 amide bonds. The van der Waals surface area contributed by atoms with Gasteiger partial charge >= 0.3 is 11.9 Å². The molecule has 6 heteroatoms. The van der Waals surface area contributed by atoms with Crippen molar-refractivity contribution in [1.29, 1.82) is 0 Å². The normalized spacial score (nSPS) is 10.5. The molecule has 0 rings (SSSR count). The number of hydrogen-bond acceptors (Lipinski definition) is 3. The van der Waals surface area contributed by atoms with E-state index in [1.165, 1.54) is 0 Å². The number of rotatable bonds is 1. The highest BCUT2D eigenvalue weighted by Gasteiger charge is 2.33.